The minimum atomic E-state index is -3.72. The molecule has 0 unspecified atom stereocenters. The van der Waals surface area contributed by atoms with E-state index in [4.69, 9.17) is 4.74 Å². The Morgan fingerprint density at radius 2 is 2.05 bits per heavy atom. The topological polar surface area (TPSA) is 98.5 Å². The molecule has 0 aliphatic carbocycles. The van der Waals surface area contributed by atoms with E-state index >= 15 is 0 Å². The number of non-ortho nitro benzene ring substituents is 1. The Bertz CT molecular complexity index is 571. The Morgan fingerprint density at radius 1 is 1.35 bits per heavy atom. The first-order chi connectivity index (χ1) is 9.42. The number of nitrogens with zero attached hydrogens (tertiary/aromatic N) is 1. The first-order valence-electron chi connectivity index (χ1n) is 6.24. The predicted molar refractivity (Wildman–Crippen MR) is 74.4 cm³/mol. The minimum Gasteiger partial charge on any atom is -0.495 e. The first-order valence-corrected chi connectivity index (χ1v) is 7.72. The largest absolute Gasteiger partial charge is 0.495 e. The highest BCUT2D eigenvalue weighted by atomic mass is 32.2. The van der Waals surface area contributed by atoms with Gasteiger partial charge in [-0.3, -0.25) is 10.1 Å². The van der Waals surface area contributed by atoms with E-state index in [-0.39, 0.29) is 16.3 Å². The summed E-state index contributed by atoms with van der Waals surface area (Å²) in [5.41, 5.74) is -0.216. The van der Waals surface area contributed by atoms with Gasteiger partial charge in [0.1, 0.15) is 10.6 Å². The van der Waals surface area contributed by atoms with Gasteiger partial charge in [0, 0.05) is 12.6 Å². The van der Waals surface area contributed by atoms with E-state index in [1.807, 2.05) is 6.92 Å². The molecular weight excluding hydrogens is 284 g/mol. The van der Waals surface area contributed by atoms with Gasteiger partial charge in [-0.2, -0.15) is 0 Å². The van der Waals surface area contributed by atoms with Crippen LogP contribution in [0.5, 0.6) is 5.75 Å². The van der Waals surface area contributed by atoms with Gasteiger partial charge in [0.25, 0.3) is 5.69 Å². The summed E-state index contributed by atoms with van der Waals surface area (Å²) in [5.74, 6) is -0.0396. The molecule has 1 aromatic rings. The van der Waals surface area contributed by atoms with E-state index < -0.39 is 14.9 Å². The van der Waals surface area contributed by atoms with Crippen LogP contribution in [0.4, 0.5) is 5.69 Å². The van der Waals surface area contributed by atoms with Gasteiger partial charge in [0.05, 0.1) is 18.1 Å². The summed E-state index contributed by atoms with van der Waals surface area (Å²) in [4.78, 5) is 9.96. The Morgan fingerprint density at radius 3 is 2.60 bits per heavy atom. The fraction of sp³-hybridized carbons (Fsp3) is 0.500. The summed E-state index contributed by atoms with van der Waals surface area (Å²) >= 11 is 0. The Hall–Kier alpha value is -1.67. The zero-order valence-electron chi connectivity index (χ0n) is 11.5. The van der Waals surface area contributed by atoms with Crippen LogP contribution in [0.3, 0.4) is 0 Å². The second-order valence-corrected chi connectivity index (χ2v) is 5.93. The normalized spacial score (nSPS) is 11.3. The molecule has 0 bridgehead atoms. The summed E-state index contributed by atoms with van der Waals surface area (Å²) in [5, 5.41) is 10.7. The average Bonchev–Trinajstić information content (AvgIpc) is 2.42. The van der Waals surface area contributed by atoms with Crippen molar-refractivity contribution in [1.82, 2.24) is 4.72 Å². The lowest BCUT2D eigenvalue weighted by atomic mass is 10.3. The van der Waals surface area contributed by atoms with Crippen molar-refractivity contribution in [2.45, 2.75) is 31.1 Å². The third-order valence-electron chi connectivity index (χ3n) is 2.72. The van der Waals surface area contributed by atoms with Crippen LogP contribution in [0, 0.1) is 10.1 Å². The number of rotatable bonds is 8. The summed E-state index contributed by atoms with van der Waals surface area (Å²) in [6.07, 6.45) is 2.66. The standard InChI is InChI=1S/C12H18N2O5S/c1-3-4-5-8-13-20(17,18)12-7-6-10(14(15)16)9-11(12)19-2/h6-7,9,13H,3-5,8H2,1-2H3. The van der Waals surface area contributed by atoms with Crippen LogP contribution in [0.15, 0.2) is 23.1 Å². The molecule has 112 valence electrons. The Labute approximate surface area is 118 Å². The molecule has 7 nitrogen and oxygen atoms in total. The molecule has 20 heavy (non-hydrogen) atoms. The predicted octanol–water partition coefficient (Wildman–Crippen LogP) is 2.07. The maximum absolute atomic E-state index is 12.1. The average molecular weight is 302 g/mol. The van der Waals surface area contributed by atoms with Crippen molar-refractivity contribution in [3.63, 3.8) is 0 Å². The van der Waals surface area contributed by atoms with Crippen molar-refractivity contribution >= 4 is 15.7 Å². The van der Waals surface area contributed by atoms with Crippen LogP contribution in [0.2, 0.25) is 0 Å². The molecule has 0 spiro atoms. The van der Waals surface area contributed by atoms with E-state index in [0.717, 1.165) is 31.4 Å². The van der Waals surface area contributed by atoms with E-state index in [0.29, 0.717) is 6.54 Å². The summed E-state index contributed by atoms with van der Waals surface area (Å²) in [6.45, 7) is 2.35. The third kappa shape index (κ3) is 4.17. The number of methoxy groups -OCH3 is 1. The van der Waals surface area contributed by atoms with Crippen molar-refractivity contribution in [3.8, 4) is 5.75 Å². The van der Waals surface area contributed by atoms with Crippen molar-refractivity contribution in [2.24, 2.45) is 0 Å². The highest BCUT2D eigenvalue weighted by molar-refractivity contribution is 7.89. The third-order valence-corrected chi connectivity index (χ3v) is 4.22. The monoisotopic (exact) mass is 302 g/mol. The number of hydrogen-bond donors (Lipinski definition) is 1. The summed E-state index contributed by atoms with van der Waals surface area (Å²) < 4.78 is 31.6. The fourth-order valence-corrected chi connectivity index (χ4v) is 2.87. The molecule has 0 heterocycles. The first kappa shape index (κ1) is 16.4. The number of nitro benzene ring substituents is 1. The van der Waals surface area contributed by atoms with Crippen LogP contribution in [-0.4, -0.2) is 27.0 Å². The van der Waals surface area contributed by atoms with Gasteiger partial charge in [-0.1, -0.05) is 19.8 Å². The highest BCUT2D eigenvalue weighted by Crippen LogP contribution is 2.28. The quantitative estimate of drug-likeness (QED) is 0.450. The van der Waals surface area contributed by atoms with Crippen LogP contribution in [0.25, 0.3) is 0 Å². The Kier molecular flexibility index (Phi) is 5.90. The van der Waals surface area contributed by atoms with Gasteiger partial charge in [-0.05, 0) is 12.5 Å². The zero-order valence-corrected chi connectivity index (χ0v) is 12.3. The molecule has 0 fully saturated rings. The van der Waals surface area contributed by atoms with E-state index in [1.54, 1.807) is 0 Å². The van der Waals surface area contributed by atoms with Crippen LogP contribution in [0.1, 0.15) is 26.2 Å². The molecule has 1 N–H and O–H groups in total. The molecule has 0 amide bonds. The van der Waals surface area contributed by atoms with Gasteiger partial charge in [-0.25, -0.2) is 13.1 Å². The fourth-order valence-electron chi connectivity index (χ4n) is 1.65. The molecule has 1 rings (SSSR count). The van der Waals surface area contributed by atoms with Gasteiger partial charge >= 0.3 is 0 Å². The number of benzene rings is 1. The Balaban J connectivity index is 2.96. The lowest BCUT2D eigenvalue weighted by Crippen LogP contribution is -2.25. The van der Waals surface area contributed by atoms with Crippen molar-refractivity contribution in [3.05, 3.63) is 28.3 Å². The smallest absolute Gasteiger partial charge is 0.273 e. The van der Waals surface area contributed by atoms with Crippen LogP contribution >= 0.6 is 0 Å². The van der Waals surface area contributed by atoms with Crippen LogP contribution in [-0.2, 0) is 10.0 Å². The number of ether oxygens (including phenoxy) is 1. The molecule has 1 aromatic carbocycles. The number of hydrogen-bond acceptors (Lipinski definition) is 5. The van der Waals surface area contributed by atoms with Crippen LogP contribution < -0.4 is 9.46 Å². The molecule has 0 aromatic heterocycles. The number of nitrogens with one attached hydrogen (secondary N) is 1. The molecule has 0 aliphatic heterocycles. The van der Waals surface area contributed by atoms with Gasteiger partial charge in [0.15, 0.2) is 0 Å². The maximum atomic E-state index is 12.1. The van der Waals surface area contributed by atoms with E-state index in [2.05, 4.69) is 4.72 Å². The lowest BCUT2D eigenvalue weighted by molar-refractivity contribution is -0.385. The molecular formula is C12H18N2O5S. The van der Waals surface area contributed by atoms with Gasteiger partial charge in [0.2, 0.25) is 10.0 Å². The SMILES string of the molecule is CCCCCNS(=O)(=O)c1ccc([N+](=O)[O-])cc1OC. The van der Waals surface area contributed by atoms with E-state index in [1.165, 1.54) is 13.2 Å². The van der Waals surface area contributed by atoms with Crippen molar-refractivity contribution < 1.29 is 18.1 Å². The molecule has 0 radical (unpaired) electrons. The summed E-state index contributed by atoms with van der Waals surface area (Å²) in [6, 6.07) is 3.42. The van der Waals surface area contributed by atoms with Gasteiger partial charge < -0.3 is 4.74 Å². The lowest BCUT2D eigenvalue weighted by Gasteiger charge is -2.10. The zero-order chi connectivity index (χ0) is 15.2. The molecule has 0 saturated carbocycles. The maximum Gasteiger partial charge on any atom is 0.273 e. The van der Waals surface area contributed by atoms with Gasteiger partial charge in [-0.15, -0.1) is 0 Å². The molecule has 8 heteroatoms. The second kappa shape index (κ2) is 7.20. The highest BCUT2D eigenvalue weighted by Gasteiger charge is 2.21. The second-order valence-electron chi connectivity index (χ2n) is 4.20. The van der Waals surface area contributed by atoms with Crippen molar-refractivity contribution in [2.75, 3.05) is 13.7 Å². The van der Waals surface area contributed by atoms with E-state index in [9.17, 15) is 18.5 Å². The number of sulfonamides is 1. The number of nitro groups is 1. The summed E-state index contributed by atoms with van der Waals surface area (Å²) in [7, 11) is -2.45. The molecule has 0 atom stereocenters. The molecule has 0 aliphatic rings. The molecule has 0 saturated heterocycles. The minimum absolute atomic E-state index is 0.0396. The van der Waals surface area contributed by atoms with Crippen molar-refractivity contribution in [1.29, 1.82) is 0 Å². The number of unbranched alkanes of at least 4 members (excludes halogenated alkanes) is 2.